The first kappa shape index (κ1) is 24.1. The number of anilines is 1. The minimum absolute atomic E-state index is 0.00837. The van der Waals surface area contributed by atoms with Gasteiger partial charge in [0.15, 0.2) is 16.7 Å². The predicted octanol–water partition coefficient (Wildman–Crippen LogP) is 4.15. The Morgan fingerprint density at radius 1 is 1.21 bits per heavy atom. The molecule has 2 fully saturated rings. The molecule has 0 radical (unpaired) electrons. The number of para-hydroxylation sites is 1. The highest BCUT2D eigenvalue weighted by molar-refractivity contribution is 8.15. The minimum atomic E-state index is -0.552. The maximum Gasteiger partial charge on any atom is 0.242 e. The number of nitrogens with zero attached hydrogens (tertiary/aromatic N) is 2. The van der Waals surface area contributed by atoms with Crippen LogP contribution in [0.4, 0.5) is 11.4 Å². The summed E-state index contributed by atoms with van der Waals surface area (Å²) < 4.78 is 16.3. The SMILES string of the molecule is COc1ccc(NC(=O)CC2SC(=Nc3ccccc3C)N(CC3CCCO3)C2=O)cc1OC. The zero-order chi connectivity index (χ0) is 24.1. The highest BCUT2D eigenvalue weighted by Gasteiger charge is 2.40. The van der Waals surface area contributed by atoms with Gasteiger partial charge in [-0.3, -0.25) is 14.5 Å². The largest absolute Gasteiger partial charge is 0.493 e. The fourth-order valence-electron chi connectivity index (χ4n) is 3.97. The molecule has 2 aliphatic rings. The van der Waals surface area contributed by atoms with E-state index in [1.165, 1.54) is 18.9 Å². The van der Waals surface area contributed by atoms with Crippen LogP contribution in [0.1, 0.15) is 24.8 Å². The first-order chi connectivity index (χ1) is 16.5. The molecule has 180 valence electrons. The van der Waals surface area contributed by atoms with Crippen LogP contribution in [0.3, 0.4) is 0 Å². The standard InChI is InChI=1S/C25H29N3O5S/c1-16-7-4-5-9-19(16)27-25-28(15-18-8-6-12-33-18)24(30)22(34-25)14-23(29)26-17-10-11-20(31-2)21(13-17)32-3/h4-5,7,9-11,13,18,22H,6,8,12,14-15H2,1-3H3,(H,26,29). The lowest BCUT2D eigenvalue weighted by Crippen LogP contribution is -2.38. The third kappa shape index (κ3) is 5.53. The van der Waals surface area contributed by atoms with Gasteiger partial charge in [0.25, 0.3) is 0 Å². The molecule has 2 aliphatic heterocycles. The second-order valence-corrected chi connectivity index (χ2v) is 9.36. The van der Waals surface area contributed by atoms with Crippen molar-refractivity contribution in [3.8, 4) is 11.5 Å². The molecule has 2 atom stereocenters. The van der Waals surface area contributed by atoms with E-state index in [2.05, 4.69) is 5.32 Å². The van der Waals surface area contributed by atoms with E-state index in [1.54, 1.807) is 30.2 Å². The van der Waals surface area contributed by atoms with E-state index in [-0.39, 0.29) is 24.3 Å². The molecule has 0 aromatic heterocycles. The molecule has 2 heterocycles. The van der Waals surface area contributed by atoms with Crippen LogP contribution in [0, 0.1) is 6.92 Å². The van der Waals surface area contributed by atoms with E-state index in [9.17, 15) is 9.59 Å². The molecule has 9 heteroatoms. The number of aryl methyl sites for hydroxylation is 1. The Kier molecular flexibility index (Phi) is 7.74. The van der Waals surface area contributed by atoms with Gasteiger partial charge in [-0.2, -0.15) is 0 Å². The van der Waals surface area contributed by atoms with Crippen molar-refractivity contribution in [2.75, 3.05) is 32.7 Å². The number of rotatable bonds is 8. The number of carbonyl (C=O) groups is 2. The van der Waals surface area contributed by atoms with Crippen LogP contribution in [0.25, 0.3) is 0 Å². The highest BCUT2D eigenvalue weighted by Crippen LogP contribution is 2.34. The summed E-state index contributed by atoms with van der Waals surface area (Å²) >= 11 is 1.33. The van der Waals surface area contributed by atoms with Crippen LogP contribution < -0.4 is 14.8 Å². The summed E-state index contributed by atoms with van der Waals surface area (Å²) in [7, 11) is 3.09. The molecule has 1 N–H and O–H groups in total. The average Bonchev–Trinajstić information content (AvgIpc) is 3.45. The van der Waals surface area contributed by atoms with Crippen LogP contribution >= 0.6 is 11.8 Å². The molecule has 2 aromatic carbocycles. The maximum absolute atomic E-state index is 13.3. The van der Waals surface area contributed by atoms with Gasteiger partial charge in [0.1, 0.15) is 5.25 Å². The highest BCUT2D eigenvalue weighted by atomic mass is 32.2. The van der Waals surface area contributed by atoms with Gasteiger partial charge < -0.3 is 19.5 Å². The normalized spacial score (nSPS) is 21.2. The lowest BCUT2D eigenvalue weighted by Gasteiger charge is -2.20. The van der Waals surface area contributed by atoms with Gasteiger partial charge in [0, 0.05) is 24.8 Å². The Balaban J connectivity index is 1.49. The number of hydrogen-bond acceptors (Lipinski definition) is 7. The first-order valence-corrected chi connectivity index (χ1v) is 12.1. The third-order valence-electron chi connectivity index (χ3n) is 5.80. The molecule has 0 bridgehead atoms. The number of methoxy groups -OCH3 is 2. The molecule has 0 aliphatic carbocycles. The van der Waals surface area contributed by atoms with Gasteiger partial charge in [-0.15, -0.1) is 0 Å². The summed E-state index contributed by atoms with van der Waals surface area (Å²) in [5, 5.41) is 2.91. The lowest BCUT2D eigenvalue weighted by atomic mass is 10.2. The van der Waals surface area contributed by atoms with Crippen molar-refractivity contribution in [3.05, 3.63) is 48.0 Å². The van der Waals surface area contributed by atoms with E-state index in [4.69, 9.17) is 19.2 Å². The molecular weight excluding hydrogens is 454 g/mol. The summed E-state index contributed by atoms with van der Waals surface area (Å²) in [6, 6.07) is 12.9. The molecule has 2 aromatic rings. The Hall–Kier alpha value is -3.04. The fraction of sp³-hybridized carbons (Fsp3) is 0.400. The Labute approximate surface area is 203 Å². The smallest absolute Gasteiger partial charge is 0.242 e. The van der Waals surface area contributed by atoms with Crippen LogP contribution in [-0.2, 0) is 14.3 Å². The zero-order valence-electron chi connectivity index (χ0n) is 19.6. The second-order valence-electron chi connectivity index (χ2n) is 8.19. The minimum Gasteiger partial charge on any atom is -0.493 e. The number of amides is 2. The molecule has 2 unspecified atom stereocenters. The number of ether oxygens (including phenoxy) is 3. The van der Waals surface area contributed by atoms with Crippen molar-refractivity contribution >= 4 is 40.1 Å². The molecule has 0 spiro atoms. The van der Waals surface area contributed by atoms with Crippen molar-refractivity contribution in [2.45, 2.75) is 37.5 Å². The van der Waals surface area contributed by atoms with E-state index in [0.717, 1.165) is 24.1 Å². The summed E-state index contributed by atoms with van der Waals surface area (Å²) in [5.74, 6) is 0.716. The Bertz CT molecular complexity index is 1080. The topological polar surface area (TPSA) is 89.5 Å². The van der Waals surface area contributed by atoms with Gasteiger partial charge in [-0.1, -0.05) is 30.0 Å². The monoisotopic (exact) mass is 483 g/mol. The number of benzene rings is 2. The average molecular weight is 484 g/mol. The van der Waals surface area contributed by atoms with Gasteiger partial charge in [-0.05, 0) is 43.5 Å². The van der Waals surface area contributed by atoms with Gasteiger partial charge in [0.05, 0.1) is 32.6 Å². The summed E-state index contributed by atoms with van der Waals surface area (Å²) in [5.41, 5.74) is 2.41. The van der Waals surface area contributed by atoms with Crippen molar-refractivity contribution in [1.29, 1.82) is 0 Å². The Morgan fingerprint density at radius 2 is 2.00 bits per heavy atom. The van der Waals surface area contributed by atoms with Crippen molar-refractivity contribution in [3.63, 3.8) is 0 Å². The van der Waals surface area contributed by atoms with E-state index < -0.39 is 5.25 Å². The fourth-order valence-corrected chi connectivity index (χ4v) is 5.13. The number of aliphatic imine (C=N–C) groups is 1. The maximum atomic E-state index is 13.3. The molecule has 2 amide bonds. The van der Waals surface area contributed by atoms with Crippen LogP contribution in [0.5, 0.6) is 11.5 Å². The molecule has 34 heavy (non-hydrogen) atoms. The van der Waals surface area contributed by atoms with Gasteiger partial charge >= 0.3 is 0 Å². The van der Waals surface area contributed by atoms with Crippen LogP contribution in [-0.4, -0.2) is 60.6 Å². The molecular formula is C25H29N3O5S. The van der Waals surface area contributed by atoms with Crippen LogP contribution in [0.2, 0.25) is 0 Å². The lowest BCUT2D eigenvalue weighted by molar-refractivity contribution is -0.129. The zero-order valence-corrected chi connectivity index (χ0v) is 20.4. The number of hydrogen-bond donors (Lipinski definition) is 1. The van der Waals surface area contributed by atoms with Crippen LogP contribution in [0.15, 0.2) is 47.5 Å². The molecule has 0 saturated carbocycles. The Morgan fingerprint density at radius 3 is 2.71 bits per heavy atom. The first-order valence-electron chi connectivity index (χ1n) is 11.2. The van der Waals surface area contributed by atoms with Crippen molar-refractivity contribution in [1.82, 2.24) is 4.90 Å². The van der Waals surface area contributed by atoms with Crippen molar-refractivity contribution in [2.24, 2.45) is 4.99 Å². The summed E-state index contributed by atoms with van der Waals surface area (Å²) in [4.78, 5) is 32.6. The van der Waals surface area contributed by atoms with E-state index in [1.807, 2.05) is 31.2 Å². The number of nitrogens with one attached hydrogen (secondary N) is 1. The van der Waals surface area contributed by atoms with Gasteiger partial charge in [-0.25, -0.2) is 4.99 Å². The van der Waals surface area contributed by atoms with E-state index >= 15 is 0 Å². The summed E-state index contributed by atoms with van der Waals surface area (Å²) in [6.45, 7) is 3.14. The van der Waals surface area contributed by atoms with E-state index in [0.29, 0.717) is 35.5 Å². The van der Waals surface area contributed by atoms with Gasteiger partial charge in [0.2, 0.25) is 11.8 Å². The molecule has 4 rings (SSSR count). The number of thioether (sulfide) groups is 1. The summed E-state index contributed by atoms with van der Waals surface area (Å²) in [6.07, 6.45) is 1.93. The molecule has 2 saturated heterocycles. The number of carbonyl (C=O) groups excluding carboxylic acids is 2. The molecule has 8 nitrogen and oxygen atoms in total. The third-order valence-corrected chi connectivity index (χ3v) is 6.98. The second kappa shape index (κ2) is 10.9. The predicted molar refractivity (Wildman–Crippen MR) is 133 cm³/mol. The number of amidine groups is 1. The van der Waals surface area contributed by atoms with Crippen molar-refractivity contribution < 1.29 is 23.8 Å². The quantitative estimate of drug-likeness (QED) is 0.607.